The van der Waals surface area contributed by atoms with Crippen molar-refractivity contribution in [2.75, 3.05) is 74.5 Å². The second-order valence-corrected chi connectivity index (χ2v) is 9.35. The number of benzene rings is 2. The Kier molecular flexibility index (Phi) is 7.70. The zero-order chi connectivity index (χ0) is 25.6. The van der Waals surface area contributed by atoms with E-state index in [1.807, 2.05) is 6.92 Å². The average Bonchev–Trinajstić information content (AvgIpc) is 2.95. The van der Waals surface area contributed by atoms with E-state index in [2.05, 4.69) is 85.3 Å². The number of hydrogen-bond acceptors (Lipinski definition) is 8. The standard InChI is InChI=1S/C28H35N7O2/c1-2-37-28(36)35-19-17-34(18-20-35)27-24(29)26(30-21-31-27)33-15-13-32(14-16-33)25(22-9-5-3-6-10-22)23-11-7-4-8-12-23/h3-12,21,25H,2,13-20,29H2,1H3. The summed E-state index contributed by atoms with van der Waals surface area (Å²) in [6.07, 6.45) is 1.34. The van der Waals surface area contributed by atoms with Gasteiger partial charge >= 0.3 is 6.09 Å². The molecular formula is C28H35N7O2. The first-order valence-corrected chi connectivity index (χ1v) is 13.0. The first-order valence-electron chi connectivity index (χ1n) is 13.0. The molecule has 0 spiro atoms. The largest absolute Gasteiger partial charge is 0.450 e. The molecule has 5 rings (SSSR count). The summed E-state index contributed by atoms with van der Waals surface area (Å²) in [6, 6.07) is 21.6. The van der Waals surface area contributed by atoms with Crippen LogP contribution in [0.2, 0.25) is 0 Å². The van der Waals surface area contributed by atoms with Crippen molar-refractivity contribution in [2.45, 2.75) is 13.0 Å². The molecule has 0 bridgehead atoms. The van der Waals surface area contributed by atoms with E-state index < -0.39 is 0 Å². The number of nitrogens with two attached hydrogens (primary N) is 1. The normalized spacial score (nSPS) is 16.8. The summed E-state index contributed by atoms with van der Waals surface area (Å²) in [5.74, 6) is 1.52. The van der Waals surface area contributed by atoms with Gasteiger partial charge in [0.25, 0.3) is 0 Å². The minimum absolute atomic E-state index is 0.207. The maximum absolute atomic E-state index is 12.0. The molecule has 0 atom stereocenters. The molecule has 0 saturated carbocycles. The van der Waals surface area contributed by atoms with E-state index in [1.165, 1.54) is 11.1 Å². The monoisotopic (exact) mass is 501 g/mol. The fourth-order valence-electron chi connectivity index (χ4n) is 5.27. The highest BCUT2D eigenvalue weighted by atomic mass is 16.6. The third kappa shape index (κ3) is 5.46. The van der Waals surface area contributed by atoms with Crippen LogP contribution in [0.15, 0.2) is 67.0 Å². The van der Waals surface area contributed by atoms with Crippen molar-refractivity contribution < 1.29 is 9.53 Å². The quantitative estimate of drug-likeness (QED) is 0.551. The molecule has 3 heterocycles. The second kappa shape index (κ2) is 11.5. The number of nitrogens with zero attached hydrogens (tertiary/aromatic N) is 6. The SMILES string of the molecule is CCOC(=O)N1CCN(c2ncnc(N3CCN(C(c4ccccc4)c4ccccc4)CC3)c2N)CC1. The highest BCUT2D eigenvalue weighted by Gasteiger charge is 2.29. The van der Waals surface area contributed by atoms with E-state index in [-0.39, 0.29) is 12.1 Å². The number of carbonyl (C=O) groups excluding carboxylic acids is 1. The summed E-state index contributed by atoms with van der Waals surface area (Å²) in [5.41, 5.74) is 9.83. The number of ether oxygens (including phenoxy) is 1. The van der Waals surface area contributed by atoms with Crippen LogP contribution in [0.3, 0.4) is 0 Å². The number of nitrogen functional groups attached to an aromatic ring is 1. The highest BCUT2D eigenvalue weighted by Crippen LogP contribution is 2.33. The van der Waals surface area contributed by atoms with Gasteiger partial charge in [0.1, 0.15) is 12.0 Å². The molecule has 0 aliphatic carbocycles. The van der Waals surface area contributed by atoms with Gasteiger partial charge in [-0.1, -0.05) is 60.7 Å². The van der Waals surface area contributed by atoms with Crippen molar-refractivity contribution in [1.29, 1.82) is 0 Å². The molecule has 194 valence electrons. The molecule has 1 aromatic heterocycles. The summed E-state index contributed by atoms with van der Waals surface area (Å²) >= 11 is 0. The van der Waals surface area contributed by atoms with E-state index in [1.54, 1.807) is 11.2 Å². The van der Waals surface area contributed by atoms with Crippen LogP contribution in [-0.4, -0.2) is 84.8 Å². The lowest BCUT2D eigenvalue weighted by atomic mass is 9.96. The molecule has 2 aromatic carbocycles. The fourth-order valence-corrected chi connectivity index (χ4v) is 5.27. The minimum Gasteiger partial charge on any atom is -0.450 e. The summed E-state index contributed by atoms with van der Waals surface area (Å²) in [6.45, 7) is 8.11. The van der Waals surface area contributed by atoms with Crippen molar-refractivity contribution >= 4 is 23.4 Å². The lowest BCUT2D eigenvalue weighted by molar-refractivity contribution is 0.105. The van der Waals surface area contributed by atoms with Crippen LogP contribution in [0.5, 0.6) is 0 Å². The molecule has 2 N–H and O–H groups in total. The molecular weight excluding hydrogens is 466 g/mol. The van der Waals surface area contributed by atoms with E-state index in [0.717, 1.165) is 37.8 Å². The Labute approximate surface area is 218 Å². The van der Waals surface area contributed by atoms with Crippen LogP contribution in [0.25, 0.3) is 0 Å². The van der Waals surface area contributed by atoms with Crippen molar-refractivity contribution in [3.63, 3.8) is 0 Å². The lowest BCUT2D eigenvalue weighted by Gasteiger charge is -2.41. The van der Waals surface area contributed by atoms with Crippen molar-refractivity contribution in [3.8, 4) is 0 Å². The molecule has 2 aliphatic rings. The third-order valence-electron chi connectivity index (χ3n) is 7.16. The number of anilines is 3. The summed E-state index contributed by atoms with van der Waals surface area (Å²) in [4.78, 5) is 29.8. The molecule has 2 fully saturated rings. The summed E-state index contributed by atoms with van der Waals surface area (Å²) < 4.78 is 5.13. The Balaban J connectivity index is 1.27. The lowest BCUT2D eigenvalue weighted by Crippen LogP contribution is -2.50. The molecule has 9 heteroatoms. The molecule has 2 aliphatic heterocycles. The van der Waals surface area contributed by atoms with Crippen molar-refractivity contribution in [2.24, 2.45) is 0 Å². The number of piperazine rings is 2. The number of aromatic nitrogens is 2. The van der Waals surface area contributed by atoms with Crippen LogP contribution in [0.1, 0.15) is 24.1 Å². The van der Waals surface area contributed by atoms with Crippen molar-refractivity contribution in [1.82, 2.24) is 19.8 Å². The van der Waals surface area contributed by atoms with Gasteiger partial charge in [0, 0.05) is 52.4 Å². The zero-order valence-corrected chi connectivity index (χ0v) is 21.4. The Hall–Kier alpha value is -3.85. The Morgan fingerprint density at radius 3 is 1.78 bits per heavy atom. The molecule has 37 heavy (non-hydrogen) atoms. The van der Waals surface area contributed by atoms with Gasteiger partial charge in [0.15, 0.2) is 11.6 Å². The van der Waals surface area contributed by atoms with Crippen molar-refractivity contribution in [3.05, 3.63) is 78.1 Å². The van der Waals surface area contributed by atoms with Gasteiger partial charge in [-0.3, -0.25) is 4.90 Å². The van der Waals surface area contributed by atoms with Gasteiger partial charge in [0.2, 0.25) is 0 Å². The average molecular weight is 502 g/mol. The number of amides is 1. The van der Waals surface area contributed by atoms with Crippen LogP contribution in [-0.2, 0) is 4.74 Å². The predicted molar refractivity (Wildman–Crippen MR) is 146 cm³/mol. The smallest absolute Gasteiger partial charge is 0.409 e. The van der Waals surface area contributed by atoms with Crippen LogP contribution < -0.4 is 15.5 Å². The maximum Gasteiger partial charge on any atom is 0.409 e. The van der Waals surface area contributed by atoms with Crippen LogP contribution in [0.4, 0.5) is 22.1 Å². The molecule has 2 saturated heterocycles. The Bertz CT molecular complexity index is 1120. The molecule has 0 radical (unpaired) electrons. The van der Waals surface area contributed by atoms with Gasteiger partial charge in [-0.05, 0) is 18.1 Å². The van der Waals surface area contributed by atoms with Gasteiger partial charge < -0.3 is 25.2 Å². The minimum atomic E-state index is -0.263. The molecule has 1 amide bonds. The Morgan fingerprint density at radius 2 is 1.30 bits per heavy atom. The molecule has 3 aromatic rings. The van der Waals surface area contributed by atoms with Gasteiger partial charge in [-0.15, -0.1) is 0 Å². The van der Waals surface area contributed by atoms with E-state index in [0.29, 0.717) is 38.5 Å². The number of hydrogen-bond donors (Lipinski definition) is 1. The maximum atomic E-state index is 12.0. The summed E-state index contributed by atoms with van der Waals surface area (Å²) in [5, 5.41) is 0. The Morgan fingerprint density at radius 1 is 0.811 bits per heavy atom. The third-order valence-corrected chi connectivity index (χ3v) is 7.16. The van der Waals surface area contributed by atoms with Crippen LogP contribution >= 0.6 is 0 Å². The first kappa shape index (κ1) is 24.8. The number of rotatable bonds is 6. The topological polar surface area (TPSA) is 91.1 Å². The second-order valence-electron chi connectivity index (χ2n) is 9.35. The number of carbonyl (C=O) groups is 1. The summed E-state index contributed by atoms with van der Waals surface area (Å²) in [7, 11) is 0. The predicted octanol–water partition coefficient (Wildman–Crippen LogP) is 3.25. The molecule has 9 nitrogen and oxygen atoms in total. The first-order chi connectivity index (χ1) is 18.2. The van der Waals surface area contributed by atoms with Gasteiger partial charge in [0.05, 0.1) is 12.6 Å². The van der Waals surface area contributed by atoms with Crippen LogP contribution in [0, 0.1) is 0 Å². The van der Waals surface area contributed by atoms with E-state index in [9.17, 15) is 4.79 Å². The van der Waals surface area contributed by atoms with E-state index in [4.69, 9.17) is 10.5 Å². The van der Waals surface area contributed by atoms with Gasteiger partial charge in [-0.25, -0.2) is 14.8 Å². The fraction of sp³-hybridized carbons (Fsp3) is 0.393. The van der Waals surface area contributed by atoms with Gasteiger partial charge in [-0.2, -0.15) is 0 Å². The van der Waals surface area contributed by atoms with E-state index >= 15 is 0 Å². The highest BCUT2D eigenvalue weighted by molar-refractivity contribution is 5.76. The zero-order valence-electron chi connectivity index (χ0n) is 21.4. The molecule has 0 unspecified atom stereocenters.